The number of halogens is 1. The van der Waals surface area contributed by atoms with Gasteiger partial charge in [0.1, 0.15) is 11.9 Å². The van der Waals surface area contributed by atoms with Crippen molar-refractivity contribution in [1.82, 2.24) is 5.32 Å². The summed E-state index contributed by atoms with van der Waals surface area (Å²) in [6, 6.07) is 6.64. The van der Waals surface area contributed by atoms with Gasteiger partial charge in [0.2, 0.25) is 0 Å². The molecule has 0 saturated carbocycles. The van der Waals surface area contributed by atoms with Crippen LogP contribution in [0.2, 0.25) is 0 Å². The smallest absolute Gasteiger partial charge is 0.123 e. The minimum Gasteiger partial charge on any atom is -0.489 e. The first-order valence-corrected chi connectivity index (χ1v) is 6.98. The molecule has 96 valence electrons. The highest BCUT2D eigenvalue weighted by molar-refractivity contribution is 9.10. The molecule has 1 atom stereocenters. The highest BCUT2D eigenvalue weighted by atomic mass is 79.9. The van der Waals surface area contributed by atoms with Crippen LogP contribution < -0.4 is 10.1 Å². The summed E-state index contributed by atoms with van der Waals surface area (Å²) in [6.45, 7) is 9.42. The van der Waals surface area contributed by atoms with Crippen LogP contribution in [0.15, 0.2) is 22.7 Å². The fourth-order valence-corrected chi connectivity index (χ4v) is 1.86. The van der Waals surface area contributed by atoms with Gasteiger partial charge in [-0.2, -0.15) is 0 Å². The summed E-state index contributed by atoms with van der Waals surface area (Å²) in [7, 11) is 0. The summed E-state index contributed by atoms with van der Waals surface area (Å²) >= 11 is 3.47. The van der Waals surface area contributed by atoms with Gasteiger partial charge in [0.05, 0.1) is 0 Å². The van der Waals surface area contributed by atoms with Gasteiger partial charge in [0.15, 0.2) is 0 Å². The van der Waals surface area contributed by atoms with Gasteiger partial charge in [-0.1, -0.05) is 42.8 Å². The van der Waals surface area contributed by atoms with Gasteiger partial charge in [0, 0.05) is 17.1 Å². The highest BCUT2D eigenvalue weighted by Gasteiger charge is 2.10. The minimum absolute atomic E-state index is 0.227. The van der Waals surface area contributed by atoms with E-state index in [9.17, 15) is 0 Å². The Balaban J connectivity index is 2.63. The van der Waals surface area contributed by atoms with Crippen LogP contribution in [0.4, 0.5) is 0 Å². The van der Waals surface area contributed by atoms with Crippen molar-refractivity contribution in [3.8, 4) is 5.75 Å². The molecular weight excluding hydrogens is 278 g/mol. The topological polar surface area (TPSA) is 21.3 Å². The number of rotatable bonds is 6. The lowest BCUT2D eigenvalue weighted by Crippen LogP contribution is -2.35. The average Bonchev–Trinajstić information content (AvgIpc) is 2.28. The van der Waals surface area contributed by atoms with Gasteiger partial charge in [-0.05, 0) is 31.0 Å². The average molecular weight is 300 g/mol. The second-order valence-electron chi connectivity index (χ2n) is 4.62. The van der Waals surface area contributed by atoms with Crippen LogP contribution in [0.3, 0.4) is 0 Å². The van der Waals surface area contributed by atoms with E-state index in [2.05, 4.69) is 55.0 Å². The zero-order chi connectivity index (χ0) is 12.8. The molecule has 1 aromatic carbocycles. The number of nitrogens with one attached hydrogen (secondary N) is 1. The first kappa shape index (κ1) is 14.5. The molecule has 0 heterocycles. The Morgan fingerprint density at radius 1 is 1.35 bits per heavy atom. The molecular formula is C14H22BrNO. The molecule has 3 heteroatoms. The van der Waals surface area contributed by atoms with Gasteiger partial charge in [-0.15, -0.1) is 0 Å². The number of hydrogen-bond acceptors (Lipinski definition) is 2. The quantitative estimate of drug-likeness (QED) is 0.860. The summed E-state index contributed by atoms with van der Waals surface area (Å²) in [6.07, 6.45) is 1.23. The first-order valence-electron chi connectivity index (χ1n) is 6.19. The lowest BCUT2D eigenvalue weighted by atomic mass is 10.2. The normalized spacial score (nSPS) is 12.8. The molecule has 1 aromatic rings. The van der Waals surface area contributed by atoms with Crippen molar-refractivity contribution < 1.29 is 4.74 Å². The van der Waals surface area contributed by atoms with Crippen LogP contribution in [-0.2, 0) is 0 Å². The monoisotopic (exact) mass is 299 g/mol. The van der Waals surface area contributed by atoms with Crippen LogP contribution >= 0.6 is 15.9 Å². The lowest BCUT2D eigenvalue weighted by molar-refractivity contribution is 0.189. The molecule has 0 aliphatic heterocycles. The molecule has 1 N–H and O–H groups in total. The van der Waals surface area contributed by atoms with Gasteiger partial charge < -0.3 is 10.1 Å². The van der Waals surface area contributed by atoms with Gasteiger partial charge >= 0.3 is 0 Å². The van der Waals surface area contributed by atoms with Crippen LogP contribution in [0, 0.1) is 6.92 Å². The van der Waals surface area contributed by atoms with Crippen LogP contribution in [0.1, 0.15) is 32.8 Å². The van der Waals surface area contributed by atoms with Crippen molar-refractivity contribution in [2.24, 2.45) is 0 Å². The SMILES string of the molecule is CCC(CNC(C)C)Oc1cc(Br)ccc1C. The fraction of sp³-hybridized carbons (Fsp3) is 0.571. The van der Waals surface area contributed by atoms with E-state index < -0.39 is 0 Å². The summed E-state index contributed by atoms with van der Waals surface area (Å²) in [5.74, 6) is 0.969. The van der Waals surface area contributed by atoms with Gasteiger partial charge in [0.25, 0.3) is 0 Å². The molecule has 2 nitrogen and oxygen atoms in total. The van der Waals surface area contributed by atoms with Crippen molar-refractivity contribution >= 4 is 15.9 Å². The second kappa shape index (κ2) is 7.02. The Hall–Kier alpha value is -0.540. The maximum Gasteiger partial charge on any atom is 0.123 e. The van der Waals surface area contributed by atoms with Crippen molar-refractivity contribution in [2.75, 3.05) is 6.54 Å². The predicted molar refractivity (Wildman–Crippen MR) is 76.7 cm³/mol. The predicted octanol–water partition coefficient (Wildman–Crippen LogP) is 3.91. The number of benzene rings is 1. The molecule has 0 amide bonds. The molecule has 0 aliphatic carbocycles. The van der Waals surface area contributed by atoms with Crippen molar-refractivity contribution in [3.05, 3.63) is 28.2 Å². The van der Waals surface area contributed by atoms with Crippen LogP contribution in [-0.4, -0.2) is 18.7 Å². The lowest BCUT2D eigenvalue weighted by Gasteiger charge is -2.21. The molecule has 1 rings (SSSR count). The maximum absolute atomic E-state index is 6.03. The van der Waals surface area contributed by atoms with Crippen molar-refractivity contribution in [3.63, 3.8) is 0 Å². The summed E-state index contributed by atoms with van der Waals surface area (Å²) in [5, 5.41) is 3.41. The maximum atomic E-state index is 6.03. The van der Waals surface area contributed by atoms with Crippen molar-refractivity contribution in [1.29, 1.82) is 0 Å². The van der Waals surface area contributed by atoms with E-state index in [0.717, 1.165) is 23.2 Å². The molecule has 0 aliphatic rings. The Labute approximate surface area is 113 Å². The third-order valence-corrected chi connectivity index (χ3v) is 3.15. The Bertz CT molecular complexity index is 352. The minimum atomic E-state index is 0.227. The van der Waals surface area contributed by atoms with Gasteiger partial charge in [-0.3, -0.25) is 0 Å². The van der Waals surface area contributed by atoms with Crippen molar-refractivity contribution in [2.45, 2.75) is 46.3 Å². The summed E-state index contributed by atoms with van der Waals surface area (Å²) < 4.78 is 7.09. The molecule has 0 radical (unpaired) electrons. The molecule has 0 saturated heterocycles. The second-order valence-corrected chi connectivity index (χ2v) is 5.54. The van der Waals surface area contributed by atoms with E-state index in [0.29, 0.717) is 6.04 Å². The van der Waals surface area contributed by atoms with E-state index in [1.54, 1.807) is 0 Å². The first-order chi connectivity index (χ1) is 8.02. The molecule has 17 heavy (non-hydrogen) atoms. The largest absolute Gasteiger partial charge is 0.489 e. The number of ether oxygens (including phenoxy) is 1. The third kappa shape index (κ3) is 5.09. The molecule has 0 spiro atoms. The van der Waals surface area contributed by atoms with Crippen LogP contribution in [0.25, 0.3) is 0 Å². The third-order valence-electron chi connectivity index (χ3n) is 2.65. The van der Waals surface area contributed by atoms with Crippen LogP contribution in [0.5, 0.6) is 5.75 Å². The standard InChI is InChI=1S/C14H22BrNO/c1-5-13(9-16-10(2)3)17-14-8-12(15)7-6-11(14)4/h6-8,10,13,16H,5,9H2,1-4H3. The zero-order valence-corrected chi connectivity index (χ0v) is 12.7. The van der Waals surface area contributed by atoms with Gasteiger partial charge in [-0.25, -0.2) is 0 Å². The molecule has 0 aromatic heterocycles. The van der Waals surface area contributed by atoms with E-state index in [4.69, 9.17) is 4.74 Å². The molecule has 1 unspecified atom stereocenters. The number of hydrogen-bond donors (Lipinski definition) is 1. The Morgan fingerprint density at radius 3 is 2.65 bits per heavy atom. The van der Waals surface area contributed by atoms with E-state index in [1.165, 1.54) is 5.56 Å². The summed E-state index contributed by atoms with van der Waals surface area (Å²) in [4.78, 5) is 0. The molecule has 0 bridgehead atoms. The van der Waals surface area contributed by atoms with E-state index in [1.807, 2.05) is 12.1 Å². The van der Waals surface area contributed by atoms with E-state index in [-0.39, 0.29) is 6.10 Å². The zero-order valence-electron chi connectivity index (χ0n) is 11.1. The Kier molecular flexibility index (Phi) is 6.00. The van der Waals surface area contributed by atoms with E-state index >= 15 is 0 Å². The highest BCUT2D eigenvalue weighted by Crippen LogP contribution is 2.24. The summed E-state index contributed by atoms with van der Waals surface area (Å²) in [5.41, 5.74) is 1.18. The fourth-order valence-electron chi connectivity index (χ4n) is 1.52. The number of aryl methyl sites for hydroxylation is 1. The molecule has 0 fully saturated rings. The Morgan fingerprint density at radius 2 is 2.06 bits per heavy atom.